The molecule has 0 aromatic carbocycles. The molecule has 2 nitrogen and oxygen atoms in total. The van der Waals surface area contributed by atoms with Gasteiger partial charge >= 0.3 is 0 Å². The summed E-state index contributed by atoms with van der Waals surface area (Å²) in [6, 6.07) is 1.25. The molecule has 1 saturated heterocycles. The molecule has 0 aliphatic carbocycles. The first-order chi connectivity index (χ1) is 5.98. The first kappa shape index (κ1) is 10.7. The van der Waals surface area contributed by atoms with E-state index in [2.05, 4.69) is 32.3 Å². The van der Waals surface area contributed by atoms with Crippen molar-refractivity contribution >= 4 is 0 Å². The topological polar surface area (TPSA) is 29.3 Å². The van der Waals surface area contributed by atoms with Crippen molar-refractivity contribution in [1.29, 1.82) is 0 Å². The second-order valence-electron chi connectivity index (χ2n) is 4.59. The summed E-state index contributed by atoms with van der Waals surface area (Å²) in [5, 5.41) is 0. The summed E-state index contributed by atoms with van der Waals surface area (Å²) in [6.45, 7) is 11.5. The molecule has 2 atom stereocenters. The van der Waals surface area contributed by atoms with Crippen LogP contribution in [0.4, 0.5) is 0 Å². The Morgan fingerprint density at radius 3 is 2.69 bits per heavy atom. The van der Waals surface area contributed by atoms with Crippen LogP contribution in [0.2, 0.25) is 0 Å². The van der Waals surface area contributed by atoms with Crippen LogP contribution in [0, 0.1) is 0 Å². The molecule has 0 spiro atoms. The molecule has 1 aliphatic heterocycles. The van der Waals surface area contributed by atoms with E-state index in [9.17, 15) is 0 Å². The van der Waals surface area contributed by atoms with Gasteiger partial charge in [0.15, 0.2) is 0 Å². The van der Waals surface area contributed by atoms with Gasteiger partial charge in [-0.2, -0.15) is 0 Å². The smallest absolute Gasteiger partial charge is 0.0466 e. The molecule has 1 aliphatic rings. The normalized spacial score (nSPS) is 36.5. The van der Waals surface area contributed by atoms with Gasteiger partial charge in [0, 0.05) is 24.2 Å². The van der Waals surface area contributed by atoms with Crippen molar-refractivity contribution < 1.29 is 0 Å². The molecule has 2 N–H and O–H groups in total. The van der Waals surface area contributed by atoms with Crippen molar-refractivity contribution in [1.82, 2.24) is 4.90 Å². The largest absolute Gasteiger partial charge is 0.321 e. The van der Waals surface area contributed by atoms with Crippen molar-refractivity contribution in [3.8, 4) is 0 Å². The van der Waals surface area contributed by atoms with Gasteiger partial charge in [0.25, 0.3) is 0 Å². The van der Waals surface area contributed by atoms with E-state index < -0.39 is 0 Å². The Kier molecular flexibility index (Phi) is 3.14. The molecule has 0 saturated carbocycles. The molecule has 1 fully saturated rings. The molecular formula is C11H22N2. The van der Waals surface area contributed by atoms with E-state index in [4.69, 9.17) is 5.73 Å². The average Bonchev–Trinajstić information content (AvgIpc) is 2.09. The summed E-state index contributed by atoms with van der Waals surface area (Å²) >= 11 is 0. The number of nitrogens with two attached hydrogens (primary N) is 1. The Morgan fingerprint density at radius 2 is 2.23 bits per heavy atom. The molecule has 1 rings (SSSR count). The van der Waals surface area contributed by atoms with Crippen molar-refractivity contribution in [2.45, 2.75) is 51.2 Å². The molecule has 76 valence electrons. The summed E-state index contributed by atoms with van der Waals surface area (Å²) in [7, 11) is 0. The van der Waals surface area contributed by atoms with E-state index in [0.29, 0.717) is 12.1 Å². The highest BCUT2D eigenvalue weighted by atomic mass is 15.2. The highest BCUT2D eigenvalue weighted by Crippen LogP contribution is 2.25. The lowest BCUT2D eigenvalue weighted by Crippen LogP contribution is -2.57. The lowest BCUT2D eigenvalue weighted by atomic mass is 9.86. The van der Waals surface area contributed by atoms with Gasteiger partial charge in [-0.3, -0.25) is 4.90 Å². The predicted octanol–water partition coefficient (Wildman–Crippen LogP) is 1.76. The van der Waals surface area contributed by atoms with Gasteiger partial charge in [0.05, 0.1) is 0 Å². The van der Waals surface area contributed by atoms with Crippen molar-refractivity contribution in [2.24, 2.45) is 5.73 Å². The lowest BCUT2D eigenvalue weighted by Gasteiger charge is -2.44. The van der Waals surface area contributed by atoms with Crippen molar-refractivity contribution in [3.63, 3.8) is 0 Å². The maximum absolute atomic E-state index is 6.19. The monoisotopic (exact) mass is 182 g/mol. The summed E-state index contributed by atoms with van der Waals surface area (Å²) in [5.74, 6) is 0. The van der Waals surface area contributed by atoms with E-state index in [1.807, 2.05) is 6.08 Å². The number of nitrogens with zero attached hydrogens (tertiary/aromatic N) is 1. The number of hydrogen-bond acceptors (Lipinski definition) is 2. The van der Waals surface area contributed by atoms with Crippen LogP contribution in [0.1, 0.15) is 33.6 Å². The number of hydrogen-bond donors (Lipinski definition) is 1. The standard InChI is InChI=1S/C11H22N2/c1-5-11(12)7-6-10(4)13(8-11)9(2)3/h5,9-10H,1,6-8,12H2,2-4H3/t10-,11-/m0/s1. The van der Waals surface area contributed by atoms with Crippen LogP contribution in [-0.4, -0.2) is 29.1 Å². The summed E-state index contributed by atoms with van der Waals surface area (Å²) < 4.78 is 0. The third-order valence-electron chi connectivity index (χ3n) is 3.14. The van der Waals surface area contributed by atoms with E-state index >= 15 is 0 Å². The van der Waals surface area contributed by atoms with Gasteiger partial charge < -0.3 is 5.73 Å². The van der Waals surface area contributed by atoms with Crippen LogP contribution in [0.15, 0.2) is 12.7 Å². The molecule has 13 heavy (non-hydrogen) atoms. The Labute approximate surface area is 81.8 Å². The van der Waals surface area contributed by atoms with Gasteiger partial charge in [-0.05, 0) is 33.6 Å². The molecule has 2 heteroatoms. The van der Waals surface area contributed by atoms with Gasteiger partial charge in [-0.15, -0.1) is 6.58 Å². The second-order valence-corrected chi connectivity index (χ2v) is 4.59. The van der Waals surface area contributed by atoms with Crippen LogP contribution >= 0.6 is 0 Å². The lowest BCUT2D eigenvalue weighted by molar-refractivity contribution is 0.0879. The minimum Gasteiger partial charge on any atom is -0.321 e. The van der Waals surface area contributed by atoms with Crippen LogP contribution < -0.4 is 5.73 Å². The molecule has 0 aromatic rings. The summed E-state index contributed by atoms with van der Waals surface area (Å²) in [6.07, 6.45) is 4.16. The van der Waals surface area contributed by atoms with E-state index in [1.165, 1.54) is 6.42 Å². The fraction of sp³-hybridized carbons (Fsp3) is 0.818. The minimum atomic E-state index is -0.156. The molecule has 0 unspecified atom stereocenters. The van der Waals surface area contributed by atoms with Crippen molar-refractivity contribution in [2.75, 3.05) is 6.54 Å². The predicted molar refractivity (Wildman–Crippen MR) is 57.7 cm³/mol. The highest BCUT2D eigenvalue weighted by molar-refractivity contribution is 5.06. The Balaban J connectivity index is 2.68. The second kappa shape index (κ2) is 3.81. The Hall–Kier alpha value is -0.340. The first-order valence-corrected chi connectivity index (χ1v) is 5.17. The molecule has 0 radical (unpaired) electrons. The molecule has 0 aromatic heterocycles. The van der Waals surface area contributed by atoms with Crippen LogP contribution in [0.3, 0.4) is 0 Å². The van der Waals surface area contributed by atoms with Crippen molar-refractivity contribution in [3.05, 3.63) is 12.7 Å². The third-order valence-corrected chi connectivity index (χ3v) is 3.14. The maximum Gasteiger partial charge on any atom is 0.0466 e. The molecule has 0 bridgehead atoms. The zero-order valence-electron chi connectivity index (χ0n) is 9.09. The molecule has 0 amide bonds. The van der Waals surface area contributed by atoms with Gasteiger partial charge in [0.1, 0.15) is 0 Å². The van der Waals surface area contributed by atoms with Crippen LogP contribution in [0.5, 0.6) is 0 Å². The maximum atomic E-state index is 6.19. The Morgan fingerprint density at radius 1 is 1.62 bits per heavy atom. The quantitative estimate of drug-likeness (QED) is 0.659. The zero-order chi connectivity index (χ0) is 10.1. The number of piperidine rings is 1. The first-order valence-electron chi connectivity index (χ1n) is 5.17. The van der Waals surface area contributed by atoms with E-state index in [1.54, 1.807) is 0 Å². The third kappa shape index (κ3) is 2.32. The zero-order valence-corrected chi connectivity index (χ0v) is 9.09. The number of rotatable bonds is 2. The van der Waals surface area contributed by atoms with Crippen LogP contribution in [0.25, 0.3) is 0 Å². The fourth-order valence-electron chi connectivity index (χ4n) is 2.08. The van der Waals surface area contributed by atoms with Gasteiger partial charge in [-0.1, -0.05) is 6.08 Å². The minimum absolute atomic E-state index is 0.156. The summed E-state index contributed by atoms with van der Waals surface area (Å²) in [5.41, 5.74) is 6.03. The van der Waals surface area contributed by atoms with Gasteiger partial charge in [0.2, 0.25) is 0 Å². The molecular weight excluding hydrogens is 160 g/mol. The van der Waals surface area contributed by atoms with Crippen LogP contribution in [-0.2, 0) is 0 Å². The Bertz CT molecular complexity index is 189. The van der Waals surface area contributed by atoms with E-state index in [0.717, 1.165) is 13.0 Å². The van der Waals surface area contributed by atoms with Gasteiger partial charge in [-0.25, -0.2) is 0 Å². The fourth-order valence-corrected chi connectivity index (χ4v) is 2.08. The van der Waals surface area contributed by atoms with E-state index in [-0.39, 0.29) is 5.54 Å². The average molecular weight is 182 g/mol. The molecule has 1 heterocycles. The number of likely N-dealkylation sites (tertiary alicyclic amines) is 1. The summed E-state index contributed by atoms with van der Waals surface area (Å²) in [4.78, 5) is 2.46. The highest BCUT2D eigenvalue weighted by Gasteiger charge is 2.33. The SMILES string of the molecule is C=C[C@]1(N)CC[C@H](C)N(C(C)C)C1.